The van der Waals surface area contributed by atoms with E-state index in [1.54, 1.807) is 18.2 Å². The molecule has 0 fully saturated rings. The molecule has 1 aromatic rings. The molecule has 0 bridgehead atoms. The molecule has 0 heterocycles. The molecule has 112 valence electrons. The van der Waals surface area contributed by atoms with Gasteiger partial charge in [-0.1, -0.05) is 30.3 Å². The molecule has 7 heteroatoms. The molecule has 1 aliphatic rings. The molecule has 21 heavy (non-hydrogen) atoms. The lowest BCUT2D eigenvalue weighted by Crippen LogP contribution is -2.45. The number of hydrogen-bond donors (Lipinski definition) is 2. The number of alkyl halides is 3. The Hall–Kier alpha value is -1.76. The van der Waals surface area contributed by atoms with Gasteiger partial charge in [-0.05, 0) is 27.6 Å². The van der Waals surface area contributed by atoms with Crippen molar-refractivity contribution in [3.8, 4) is 0 Å². The summed E-state index contributed by atoms with van der Waals surface area (Å²) in [6.07, 6.45) is -5.35. The van der Waals surface area contributed by atoms with Crippen LogP contribution in [0.5, 0.6) is 0 Å². The van der Waals surface area contributed by atoms with Gasteiger partial charge in [0, 0.05) is 12.0 Å². The Balaban J connectivity index is 2.62. The third-order valence-electron chi connectivity index (χ3n) is 3.35. The van der Waals surface area contributed by atoms with E-state index in [1.807, 2.05) is 0 Å². The zero-order valence-corrected chi connectivity index (χ0v) is 12.1. The van der Waals surface area contributed by atoms with Crippen LogP contribution in [0.15, 0.2) is 46.6 Å². The van der Waals surface area contributed by atoms with E-state index >= 15 is 0 Å². The van der Waals surface area contributed by atoms with Crippen molar-refractivity contribution in [3.05, 3.63) is 52.2 Å². The highest BCUT2D eigenvalue weighted by atomic mass is 79.9. The first-order valence-electron chi connectivity index (χ1n) is 5.85. The van der Waals surface area contributed by atoms with E-state index in [0.717, 1.165) is 0 Å². The first-order chi connectivity index (χ1) is 9.69. The van der Waals surface area contributed by atoms with Crippen LogP contribution in [0.1, 0.15) is 12.0 Å². The molecular weight excluding hydrogens is 353 g/mol. The van der Waals surface area contributed by atoms with Crippen LogP contribution < -0.4 is 0 Å². The molecule has 0 aliphatic heterocycles. The molecule has 3 nitrogen and oxygen atoms in total. The highest BCUT2D eigenvalue weighted by Crippen LogP contribution is 2.51. The number of allylic oxidation sites excluding steroid dienone is 2. The molecule has 1 atom stereocenters. The largest absolute Gasteiger partial charge is 0.506 e. The molecule has 0 amide bonds. The molecular formula is C14H10BrF3O3. The lowest BCUT2D eigenvalue weighted by atomic mass is 9.75. The minimum Gasteiger partial charge on any atom is -0.506 e. The Morgan fingerprint density at radius 1 is 1.24 bits per heavy atom. The predicted molar refractivity (Wildman–Crippen MR) is 73.7 cm³/mol. The summed E-state index contributed by atoms with van der Waals surface area (Å²) in [5.74, 6) is -2.39. The van der Waals surface area contributed by atoms with E-state index in [0.29, 0.717) is 11.6 Å². The number of carbonyl (C=O) groups is 1. The second kappa shape index (κ2) is 5.22. The average Bonchev–Trinajstić information content (AvgIpc) is 2.41. The van der Waals surface area contributed by atoms with Gasteiger partial charge in [0.2, 0.25) is 0 Å². The van der Waals surface area contributed by atoms with Crippen molar-refractivity contribution in [2.75, 3.05) is 0 Å². The van der Waals surface area contributed by atoms with E-state index < -0.39 is 24.0 Å². The summed E-state index contributed by atoms with van der Waals surface area (Å²) in [5.41, 5.74) is -2.79. The Labute approximate surface area is 126 Å². The zero-order chi connectivity index (χ0) is 15.8. The fraction of sp³-hybridized carbons (Fsp3) is 0.214. The average molecular weight is 363 g/mol. The second-order valence-electron chi connectivity index (χ2n) is 4.64. The van der Waals surface area contributed by atoms with E-state index in [-0.39, 0.29) is 15.8 Å². The highest BCUT2D eigenvalue weighted by Gasteiger charge is 2.61. The molecule has 0 saturated heterocycles. The van der Waals surface area contributed by atoms with Gasteiger partial charge in [-0.25, -0.2) is 0 Å². The number of carboxylic acids is 1. The van der Waals surface area contributed by atoms with Crippen molar-refractivity contribution in [1.29, 1.82) is 0 Å². The maximum Gasteiger partial charge on any atom is 0.408 e. The van der Waals surface area contributed by atoms with Crippen molar-refractivity contribution in [1.82, 2.24) is 0 Å². The van der Waals surface area contributed by atoms with Gasteiger partial charge in [0.1, 0.15) is 5.76 Å². The lowest BCUT2D eigenvalue weighted by Gasteiger charge is -2.33. The van der Waals surface area contributed by atoms with E-state index in [2.05, 4.69) is 15.9 Å². The Bertz CT molecular complexity index is 635. The number of aliphatic hydroxyl groups excluding tert-OH is 1. The number of rotatable bonds is 2. The van der Waals surface area contributed by atoms with Crippen molar-refractivity contribution >= 4 is 27.5 Å². The fourth-order valence-electron chi connectivity index (χ4n) is 2.16. The van der Waals surface area contributed by atoms with Crippen LogP contribution in [-0.4, -0.2) is 22.4 Å². The number of benzene rings is 1. The summed E-state index contributed by atoms with van der Waals surface area (Å²) in [5, 5.41) is 19.1. The first-order valence-corrected chi connectivity index (χ1v) is 6.65. The summed E-state index contributed by atoms with van der Waals surface area (Å²) < 4.78 is 39.6. The van der Waals surface area contributed by atoms with Crippen LogP contribution in [-0.2, 0) is 4.79 Å². The quantitative estimate of drug-likeness (QED) is 0.825. The number of aliphatic carboxylic acids is 1. The van der Waals surface area contributed by atoms with Crippen LogP contribution in [0.3, 0.4) is 0 Å². The van der Waals surface area contributed by atoms with Crippen molar-refractivity contribution in [2.24, 2.45) is 5.41 Å². The topological polar surface area (TPSA) is 57.5 Å². The zero-order valence-electron chi connectivity index (χ0n) is 10.5. The highest BCUT2D eigenvalue weighted by molar-refractivity contribution is 9.12. The monoisotopic (exact) mass is 362 g/mol. The predicted octanol–water partition coefficient (Wildman–Crippen LogP) is 4.27. The maximum absolute atomic E-state index is 13.3. The molecule has 0 saturated carbocycles. The summed E-state index contributed by atoms with van der Waals surface area (Å²) >= 11 is 2.82. The normalized spacial score (nSPS) is 23.0. The Morgan fingerprint density at radius 2 is 1.81 bits per heavy atom. The van der Waals surface area contributed by atoms with E-state index in [9.17, 15) is 23.1 Å². The minimum atomic E-state index is -4.99. The molecule has 2 N–H and O–H groups in total. The number of halogens is 4. The second-order valence-corrected chi connectivity index (χ2v) is 5.49. The molecule has 1 aromatic carbocycles. The standard InChI is InChI=1S/C14H10BrF3O3/c15-10-7-13(12(20)21,14(16,17)18)6-9(11(10)19)8-4-2-1-3-5-8/h1-5,7,19H,6H2,(H,20,21). The van der Waals surface area contributed by atoms with Crippen LogP contribution in [0.4, 0.5) is 13.2 Å². The van der Waals surface area contributed by atoms with Crippen LogP contribution >= 0.6 is 15.9 Å². The smallest absolute Gasteiger partial charge is 0.408 e. The maximum atomic E-state index is 13.3. The third-order valence-corrected chi connectivity index (χ3v) is 3.96. The van der Waals surface area contributed by atoms with Crippen LogP contribution in [0, 0.1) is 5.41 Å². The fourth-order valence-corrected chi connectivity index (χ4v) is 2.79. The summed E-state index contributed by atoms with van der Waals surface area (Å²) in [6.45, 7) is 0. The minimum absolute atomic E-state index is 0.0651. The van der Waals surface area contributed by atoms with Crippen LogP contribution in [0.2, 0.25) is 0 Å². The summed E-state index contributed by atoms with van der Waals surface area (Å²) in [7, 11) is 0. The van der Waals surface area contributed by atoms with Gasteiger partial charge in [0.25, 0.3) is 0 Å². The van der Waals surface area contributed by atoms with E-state index in [4.69, 9.17) is 5.11 Å². The molecule has 2 rings (SSSR count). The Morgan fingerprint density at radius 3 is 2.29 bits per heavy atom. The van der Waals surface area contributed by atoms with E-state index in [1.165, 1.54) is 12.1 Å². The van der Waals surface area contributed by atoms with Crippen molar-refractivity contribution < 1.29 is 28.2 Å². The third kappa shape index (κ3) is 2.57. The number of carboxylic acid groups (broad SMARTS) is 1. The SMILES string of the molecule is O=C(O)C1(C(F)(F)F)C=C(Br)C(O)=C(c2ccccc2)C1. The molecule has 0 radical (unpaired) electrons. The van der Waals surface area contributed by atoms with Gasteiger partial charge in [-0.3, -0.25) is 4.79 Å². The van der Waals surface area contributed by atoms with Gasteiger partial charge < -0.3 is 10.2 Å². The first kappa shape index (κ1) is 15.6. The summed E-state index contributed by atoms with van der Waals surface area (Å²) in [4.78, 5) is 11.3. The van der Waals surface area contributed by atoms with Crippen LogP contribution in [0.25, 0.3) is 5.57 Å². The van der Waals surface area contributed by atoms with Gasteiger partial charge in [-0.2, -0.15) is 13.2 Å². The van der Waals surface area contributed by atoms with Gasteiger partial charge in [0.15, 0.2) is 5.41 Å². The van der Waals surface area contributed by atoms with Gasteiger partial charge >= 0.3 is 12.1 Å². The number of hydrogen-bond acceptors (Lipinski definition) is 2. The molecule has 1 unspecified atom stereocenters. The lowest BCUT2D eigenvalue weighted by molar-refractivity contribution is -0.216. The van der Waals surface area contributed by atoms with Gasteiger partial charge in [-0.15, -0.1) is 0 Å². The Kier molecular flexibility index (Phi) is 3.88. The molecule has 1 aliphatic carbocycles. The number of aliphatic hydroxyl groups is 1. The molecule has 0 spiro atoms. The van der Waals surface area contributed by atoms with Crippen molar-refractivity contribution in [2.45, 2.75) is 12.6 Å². The molecule has 0 aromatic heterocycles. The summed E-state index contributed by atoms with van der Waals surface area (Å²) in [6, 6.07) is 7.89. The van der Waals surface area contributed by atoms with Gasteiger partial charge in [0.05, 0.1) is 4.48 Å². The van der Waals surface area contributed by atoms with Crippen molar-refractivity contribution in [3.63, 3.8) is 0 Å².